The molecule has 1 aliphatic rings. The minimum Gasteiger partial charge on any atom is -0.496 e. The third-order valence-corrected chi connectivity index (χ3v) is 3.83. The normalized spacial score (nSPS) is 15.8. The second-order valence-electron chi connectivity index (χ2n) is 5.27. The van der Waals surface area contributed by atoms with Crippen molar-refractivity contribution in [2.75, 3.05) is 13.7 Å². The molecule has 1 aliphatic heterocycles. The van der Waals surface area contributed by atoms with E-state index in [1.165, 1.54) is 0 Å². The van der Waals surface area contributed by atoms with Crippen LogP contribution in [0.25, 0.3) is 0 Å². The van der Waals surface area contributed by atoms with Crippen LogP contribution < -0.4 is 14.8 Å². The van der Waals surface area contributed by atoms with Crippen LogP contribution in [0.1, 0.15) is 11.1 Å². The molecule has 0 saturated heterocycles. The number of nitrogens with one attached hydrogen (secondary N) is 1. The summed E-state index contributed by atoms with van der Waals surface area (Å²) >= 11 is 0. The van der Waals surface area contributed by atoms with Crippen molar-refractivity contribution in [2.45, 2.75) is 18.9 Å². The molecule has 1 heterocycles. The van der Waals surface area contributed by atoms with Gasteiger partial charge in [0, 0.05) is 13.0 Å². The number of methoxy groups -OCH3 is 1. The van der Waals surface area contributed by atoms with Gasteiger partial charge in [0.15, 0.2) is 6.10 Å². The lowest BCUT2D eigenvalue weighted by atomic mass is 10.1. The second-order valence-corrected chi connectivity index (χ2v) is 5.27. The summed E-state index contributed by atoms with van der Waals surface area (Å²) in [6, 6.07) is 15.6. The van der Waals surface area contributed by atoms with Gasteiger partial charge in [0.2, 0.25) is 0 Å². The lowest BCUT2D eigenvalue weighted by Gasteiger charge is -2.12. The van der Waals surface area contributed by atoms with E-state index in [2.05, 4.69) is 5.32 Å². The van der Waals surface area contributed by atoms with Crippen LogP contribution in [0.3, 0.4) is 0 Å². The summed E-state index contributed by atoms with van der Waals surface area (Å²) in [6.45, 7) is 0.565. The predicted molar refractivity (Wildman–Crippen MR) is 84.3 cm³/mol. The van der Waals surface area contributed by atoms with E-state index < -0.39 is 6.10 Å². The number of rotatable bonds is 5. The van der Waals surface area contributed by atoms with Crippen LogP contribution in [0.15, 0.2) is 48.5 Å². The number of ether oxygens (including phenoxy) is 2. The van der Waals surface area contributed by atoms with Gasteiger partial charge in [-0.1, -0.05) is 36.4 Å². The molecule has 0 aromatic heterocycles. The van der Waals surface area contributed by atoms with Gasteiger partial charge in [-0.25, -0.2) is 0 Å². The van der Waals surface area contributed by atoms with Crippen molar-refractivity contribution < 1.29 is 14.3 Å². The number of benzene rings is 2. The molecule has 0 fully saturated rings. The van der Waals surface area contributed by atoms with Gasteiger partial charge in [0.05, 0.1) is 7.11 Å². The van der Waals surface area contributed by atoms with E-state index >= 15 is 0 Å². The molecule has 114 valence electrons. The summed E-state index contributed by atoms with van der Waals surface area (Å²) in [5.41, 5.74) is 2.17. The molecule has 1 atom stereocenters. The lowest BCUT2D eigenvalue weighted by Crippen LogP contribution is -2.38. The highest BCUT2D eigenvalue weighted by molar-refractivity contribution is 5.82. The number of carbonyl (C=O) groups is 1. The maximum Gasteiger partial charge on any atom is 0.261 e. The van der Waals surface area contributed by atoms with E-state index in [0.29, 0.717) is 13.0 Å². The fraction of sp³-hybridized carbons (Fsp3) is 0.278. The SMILES string of the molecule is COc1ccccc1CCNC(=O)C1Cc2ccccc2O1. The zero-order valence-electron chi connectivity index (χ0n) is 12.5. The maximum atomic E-state index is 12.2. The maximum absolute atomic E-state index is 12.2. The smallest absolute Gasteiger partial charge is 0.261 e. The minimum atomic E-state index is -0.421. The molecule has 2 aromatic carbocycles. The first-order chi connectivity index (χ1) is 10.8. The third kappa shape index (κ3) is 3.06. The molecule has 0 radical (unpaired) electrons. The van der Waals surface area contributed by atoms with Crippen molar-refractivity contribution in [3.63, 3.8) is 0 Å². The Bertz CT molecular complexity index is 644. The molecular weight excluding hydrogens is 278 g/mol. The monoisotopic (exact) mass is 297 g/mol. The van der Waals surface area contributed by atoms with Gasteiger partial charge in [0.1, 0.15) is 11.5 Å². The Balaban J connectivity index is 1.52. The van der Waals surface area contributed by atoms with Crippen molar-refractivity contribution in [1.29, 1.82) is 0 Å². The largest absolute Gasteiger partial charge is 0.496 e. The third-order valence-electron chi connectivity index (χ3n) is 3.83. The van der Waals surface area contributed by atoms with Crippen LogP contribution in [-0.4, -0.2) is 25.7 Å². The van der Waals surface area contributed by atoms with Crippen LogP contribution in [0.5, 0.6) is 11.5 Å². The van der Waals surface area contributed by atoms with Gasteiger partial charge in [-0.05, 0) is 29.7 Å². The highest BCUT2D eigenvalue weighted by atomic mass is 16.5. The van der Waals surface area contributed by atoms with E-state index in [1.54, 1.807) is 7.11 Å². The molecule has 1 amide bonds. The Labute approximate surface area is 130 Å². The first kappa shape index (κ1) is 14.4. The first-order valence-corrected chi connectivity index (χ1v) is 7.42. The zero-order chi connectivity index (χ0) is 15.4. The molecule has 0 spiro atoms. The molecule has 22 heavy (non-hydrogen) atoms. The fourth-order valence-electron chi connectivity index (χ4n) is 2.67. The highest BCUT2D eigenvalue weighted by Gasteiger charge is 2.28. The molecule has 0 aliphatic carbocycles. The molecule has 4 heteroatoms. The molecule has 0 bridgehead atoms. The Kier molecular flexibility index (Phi) is 4.28. The number of carbonyl (C=O) groups excluding carboxylic acids is 1. The first-order valence-electron chi connectivity index (χ1n) is 7.42. The van der Waals surface area contributed by atoms with Gasteiger partial charge in [-0.15, -0.1) is 0 Å². The number of amides is 1. The zero-order valence-corrected chi connectivity index (χ0v) is 12.5. The standard InChI is InChI=1S/C18H19NO3/c1-21-15-8-4-2-6-13(15)10-11-19-18(20)17-12-14-7-3-5-9-16(14)22-17/h2-9,17H,10-12H2,1H3,(H,19,20). The van der Waals surface area contributed by atoms with E-state index in [9.17, 15) is 4.79 Å². The lowest BCUT2D eigenvalue weighted by molar-refractivity contribution is -0.127. The average Bonchev–Trinajstić information content (AvgIpc) is 2.99. The number of hydrogen-bond acceptors (Lipinski definition) is 3. The van der Waals surface area contributed by atoms with Crippen molar-refractivity contribution >= 4 is 5.91 Å². The summed E-state index contributed by atoms with van der Waals surface area (Å²) in [7, 11) is 1.65. The van der Waals surface area contributed by atoms with Crippen molar-refractivity contribution in [3.8, 4) is 11.5 Å². The van der Waals surface area contributed by atoms with Gasteiger partial charge in [0.25, 0.3) is 5.91 Å². The van der Waals surface area contributed by atoms with E-state index in [0.717, 1.165) is 29.0 Å². The van der Waals surface area contributed by atoms with Crippen LogP contribution in [0.2, 0.25) is 0 Å². The Morgan fingerprint density at radius 3 is 2.82 bits per heavy atom. The summed E-state index contributed by atoms with van der Waals surface area (Å²) in [4.78, 5) is 12.2. The van der Waals surface area contributed by atoms with Crippen molar-refractivity contribution in [2.24, 2.45) is 0 Å². The topological polar surface area (TPSA) is 47.6 Å². The molecular formula is C18H19NO3. The van der Waals surface area contributed by atoms with Crippen LogP contribution in [0, 0.1) is 0 Å². The Morgan fingerprint density at radius 2 is 2.00 bits per heavy atom. The quantitative estimate of drug-likeness (QED) is 0.921. The fourth-order valence-corrected chi connectivity index (χ4v) is 2.67. The number of fused-ring (bicyclic) bond motifs is 1. The van der Waals surface area contributed by atoms with Crippen molar-refractivity contribution in [1.82, 2.24) is 5.32 Å². The average molecular weight is 297 g/mol. The second kappa shape index (κ2) is 6.52. The van der Waals surface area contributed by atoms with Gasteiger partial charge in [-0.2, -0.15) is 0 Å². The van der Waals surface area contributed by atoms with E-state index in [1.807, 2.05) is 48.5 Å². The summed E-state index contributed by atoms with van der Waals surface area (Å²) in [5, 5.41) is 2.94. The molecule has 3 rings (SSSR count). The van der Waals surface area contributed by atoms with Gasteiger partial charge in [-0.3, -0.25) is 4.79 Å². The molecule has 2 aromatic rings. The highest BCUT2D eigenvalue weighted by Crippen LogP contribution is 2.28. The number of para-hydroxylation sites is 2. The van der Waals surface area contributed by atoms with E-state index in [4.69, 9.17) is 9.47 Å². The predicted octanol–water partition coefficient (Wildman–Crippen LogP) is 2.36. The minimum absolute atomic E-state index is 0.0638. The molecule has 4 nitrogen and oxygen atoms in total. The van der Waals surface area contributed by atoms with Crippen LogP contribution in [0.4, 0.5) is 0 Å². The van der Waals surface area contributed by atoms with Crippen LogP contribution in [-0.2, 0) is 17.6 Å². The van der Waals surface area contributed by atoms with E-state index in [-0.39, 0.29) is 5.91 Å². The summed E-state index contributed by atoms with van der Waals surface area (Å²) in [6.07, 6.45) is 0.946. The van der Waals surface area contributed by atoms with Crippen molar-refractivity contribution in [3.05, 3.63) is 59.7 Å². The Morgan fingerprint density at radius 1 is 1.23 bits per heavy atom. The van der Waals surface area contributed by atoms with Gasteiger partial charge >= 0.3 is 0 Å². The number of hydrogen-bond donors (Lipinski definition) is 1. The molecule has 0 saturated carbocycles. The molecule has 1 N–H and O–H groups in total. The summed E-state index contributed by atoms with van der Waals surface area (Å²) in [5.74, 6) is 1.60. The Hall–Kier alpha value is -2.49. The van der Waals surface area contributed by atoms with Crippen LogP contribution >= 0.6 is 0 Å². The molecule has 1 unspecified atom stereocenters. The summed E-state index contributed by atoms with van der Waals surface area (Å²) < 4.78 is 11.0. The van der Waals surface area contributed by atoms with Gasteiger partial charge < -0.3 is 14.8 Å².